The van der Waals surface area contributed by atoms with Crippen molar-refractivity contribution in [3.8, 4) is 0 Å². The third kappa shape index (κ3) is 3.64. The van der Waals surface area contributed by atoms with E-state index in [0.29, 0.717) is 11.9 Å². The molecule has 19 heavy (non-hydrogen) atoms. The second-order valence-electron chi connectivity index (χ2n) is 4.41. The third-order valence-electron chi connectivity index (χ3n) is 2.70. The Bertz CT molecular complexity index is 488. The number of hydrogen-bond donors (Lipinski definition) is 2. The number of carbonyl (C=O) groups excluding carboxylic acids is 2. The second kappa shape index (κ2) is 5.64. The van der Waals surface area contributed by atoms with Gasteiger partial charge >= 0.3 is 5.97 Å². The van der Waals surface area contributed by atoms with E-state index in [1.807, 2.05) is 0 Å². The molecule has 0 saturated heterocycles. The normalized spacial score (nSPS) is 15.5. The van der Waals surface area contributed by atoms with E-state index in [9.17, 15) is 9.59 Å². The zero-order valence-electron chi connectivity index (χ0n) is 10.8. The minimum absolute atomic E-state index is 0.0395. The van der Waals surface area contributed by atoms with Gasteiger partial charge in [-0.15, -0.1) is 0 Å². The first kappa shape index (κ1) is 13.3. The number of ether oxygens (including phenoxy) is 1. The number of carbonyl (C=O) groups is 2. The van der Waals surface area contributed by atoms with Gasteiger partial charge in [0, 0.05) is 12.2 Å². The van der Waals surface area contributed by atoms with Crippen molar-refractivity contribution in [3.05, 3.63) is 18.1 Å². The fourth-order valence-corrected chi connectivity index (χ4v) is 1.47. The summed E-state index contributed by atoms with van der Waals surface area (Å²) in [6, 6.07) is 1.47. The molecule has 1 aromatic heterocycles. The molecular formula is C12H16N4O3. The van der Waals surface area contributed by atoms with E-state index in [1.165, 1.54) is 13.3 Å². The number of esters is 1. The molecule has 102 valence electrons. The van der Waals surface area contributed by atoms with Crippen molar-refractivity contribution in [1.29, 1.82) is 0 Å². The lowest BCUT2D eigenvalue weighted by Gasteiger charge is -2.14. The zero-order valence-corrected chi connectivity index (χ0v) is 10.8. The smallest absolute Gasteiger partial charge is 0.376 e. The van der Waals surface area contributed by atoms with E-state index in [4.69, 9.17) is 0 Å². The maximum Gasteiger partial charge on any atom is 0.376 e. The first-order chi connectivity index (χ1) is 9.10. The average Bonchev–Trinajstić information content (AvgIpc) is 3.22. The molecule has 1 fully saturated rings. The molecule has 0 bridgehead atoms. The molecule has 1 aliphatic rings. The van der Waals surface area contributed by atoms with E-state index in [-0.39, 0.29) is 11.7 Å². The second-order valence-corrected chi connectivity index (χ2v) is 4.41. The summed E-state index contributed by atoms with van der Waals surface area (Å²) >= 11 is 0. The Balaban J connectivity index is 1.97. The standard InChI is InChI=1S/C12H16N4O3/c1-7(11(17)15-8-3-4-8)14-9-5-6-13-10(16-9)12(18)19-2/h5-8H,3-4H2,1-2H3,(H,15,17)(H,13,14,16). The summed E-state index contributed by atoms with van der Waals surface area (Å²) in [6.07, 6.45) is 3.52. The fraction of sp³-hybridized carbons (Fsp3) is 0.500. The van der Waals surface area contributed by atoms with Crippen LogP contribution >= 0.6 is 0 Å². The number of amides is 1. The van der Waals surface area contributed by atoms with Crippen LogP contribution in [0, 0.1) is 0 Å². The molecule has 1 aromatic rings. The van der Waals surface area contributed by atoms with E-state index in [0.717, 1.165) is 12.8 Å². The summed E-state index contributed by atoms with van der Waals surface area (Å²) in [5.74, 6) is -0.324. The number of aromatic nitrogens is 2. The van der Waals surface area contributed by atoms with Gasteiger partial charge in [0.1, 0.15) is 11.9 Å². The van der Waals surface area contributed by atoms with Gasteiger partial charge in [0.25, 0.3) is 0 Å². The van der Waals surface area contributed by atoms with Gasteiger partial charge in [-0.3, -0.25) is 4.79 Å². The Kier molecular flexibility index (Phi) is 3.94. The van der Waals surface area contributed by atoms with Crippen molar-refractivity contribution in [1.82, 2.24) is 15.3 Å². The topological polar surface area (TPSA) is 93.2 Å². The predicted octanol–water partition coefficient (Wildman–Crippen LogP) is 0.342. The Hall–Kier alpha value is -2.18. The van der Waals surface area contributed by atoms with Crippen LogP contribution in [0.4, 0.5) is 5.82 Å². The van der Waals surface area contributed by atoms with Crippen LogP contribution in [-0.4, -0.2) is 41.0 Å². The molecule has 7 nitrogen and oxygen atoms in total. The summed E-state index contributed by atoms with van der Waals surface area (Å²) in [4.78, 5) is 30.8. The molecule has 2 rings (SSSR count). The SMILES string of the molecule is COC(=O)c1nccc(NC(C)C(=O)NC2CC2)n1. The molecule has 1 amide bonds. The van der Waals surface area contributed by atoms with Crippen LogP contribution in [0.2, 0.25) is 0 Å². The van der Waals surface area contributed by atoms with Gasteiger partial charge in [0.15, 0.2) is 0 Å². The van der Waals surface area contributed by atoms with Crippen LogP contribution in [0.1, 0.15) is 30.4 Å². The molecule has 0 radical (unpaired) electrons. The maximum atomic E-state index is 11.8. The van der Waals surface area contributed by atoms with E-state index < -0.39 is 12.0 Å². The first-order valence-electron chi connectivity index (χ1n) is 6.08. The van der Waals surface area contributed by atoms with E-state index in [1.54, 1.807) is 13.0 Å². The zero-order chi connectivity index (χ0) is 13.8. The number of anilines is 1. The highest BCUT2D eigenvalue weighted by Gasteiger charge is 2.25. The fourth-order valence-electron chi connectivity index (χ4n) is 1.47. The summed E-state index contributed by atoms with van der Waals surface area (Å²) in [6.45, 7) is 1.73. The highest BCUT2D eigenvalue weighted by atomic mass is 16.5. The van der Waals surface area contributed by atoms with Crippen LogP contribution < -0.4 is 10.6 Å². The van der Waals surface area contributed by atoms with Crippen molar-refractivity contribution in [3.63, 3.8) is 0 Å². The van der Waals surface area contributed by atoms with Gasteiger partial charge in [-0.2, -0.15) is 0 Å². The highest BCUT2D eigenvalue weighted by Crippen LogP contribution is 2.18. The molecule has 1 heterocycles. The minimum Gasteiger partial charge on any atom is -0.463 e. The van der Waals surface area contributed by atoms with Gasteiger partial charge < -0.3 is 15.4 Å². The summed E-state index contributed by atoms with van der Waals surface area (Å²) in [5.41, 5.74) is 0. The molecule has 2 N–H and O–H groups in total. The van der Waals surface area contributed by atoms with Crippen molar-refractivity contribution in [2.24, 2.45) is 0 Å². The Morgan fingerprint density at radius 2 is 2.21 bits per heavy atom. The predicted molar refractivity (Wildman–Crippen MR) is 67.6 cm³/mol. The van der Waals surface area contributed by atoms with Gasteiger partial charge in [0.05, 0.1) is 7.11 Å². The molecule has 1 atom stereocenters. The van der Waals surface area contributed by atoms with E-state index in [2.05, 4.69) is 25.3 Å². The molecular weight excluding hydrogens is 248 g/mol. The number of hydrogen-bond acceptors (Lipinski definition) is 6. The lowest BCUT2D eigenvalue weighted by atomic mass is 10.3. The summed E-state index contributed by atoms with van der Waals surface area (Å²) in [7, 11) is 1.26. The summed E-state index contributed by atoms with van der Waals surface area (Å²) in [5, 5.41) is 5.81. The van der Waals surface area contributed by atoms with Crippen LogP contribution in [0.25, 0.3) is 0 Å². The monoisotopic (exact) mass is 264 g/mol. The van der Waals surface area contributed by atoms with Gasteiger partial charge in [-0.05, 0) is 25.8 Å². The lowest BCUT2D eigenvalue weighted by Crippen LogP contribution is -2.38. The highest BCUT2D eigenvalue weighted by molar-refractivity contribution is 5.86. The molecule has 0 aliphatic heterocycles. The summed E-state index contributed by atoms with van der Waals surface area (Å²) < 4.78 is 4.53. The number of nitrogens with zero attached hydrogens (tertiary/aromatic N) is 2. The number of nitrogens with one attached hydrogen (secondary N) is 2. The van der Waals surface area contributed by atoms with Crippen LogP contribution in [0.5, 0.6) is 0 Å². The molecule has 7 heteroatoms. The first-order valence-corrected chi connectivity index (χ1v) is 6.08. The van der Waals surface area contributed by atoms with Gasteiger partial charge in [-0.25, -0.2) is 14.8 Å². The number of rotatable bonds is 5. The average molecular weight is 264 g/mol. The van der Waals surface area contributed by atoms with Gasteiger partial charge in [-0.1, -0.05) is 0 Å². The van der Waals surface area contributed by atoms with Crippen molar-refractivity contribution < 1.29 is 14.3 Å². The third-order valence-corrected chi connectivity index (χ3v) is 2.70. The van der Waals surface area contributed by atoms with Gasteiger partial charge in [0.2, 0.25) is 11.7 Å². The van der Waals surface area contributed by atoms with Crippen molar-refractivity contribution in [2.75, 3.05) is 12.4 Å². The largest absolute Gasteiger partial charge is 0.463 e. The van der Waals surface area contributed by atoms with E-state index >= 15 is 0 Å². The van der Waals surface area contributed by atoms with Crippen LogP contribution in [0.3, 0.4) is 0 Å². The molecule has 1 aliphatic carbocycles. The quantitative estimate of drug-likeness (QED) is 0.745. The maximum absolute atomic E-state index is 11.8. The van der Waals surface area contributed by atoms with Crippen LogP contribution in [-0.2, 0) is 9.53 Å². The van der Waals surface area contributed by atoms with Crippen LogP contribution in [0.15, 0.2) is 12.3 Å². The molecule has 0 aromatic carbocycles. The molecule has 0 spiro atoms. The Morgan fingerprint density at radius 3 is 2.84 bits per heavy atom. The molecule has 1 saturated carbocycles. The number of methoxy groups -OCH3 is 1. The molecule has 1 unspecified atom stereocenters. The Labute approximate surface area is 110 Å². The van der Waals surface area contributed by atoms with Crippen molar-refractivity contribution >= 4 is 17.7 Å². The lowest BCUT2D eigenvalue weighted by molar-refractivity contribution is -0.121. The minimum atomic E-state index is -0.612. The van der Waals surface area contributed by atoms with Crippen molar-refractivity contribution in [2.45, 2.75) is 31.8 Å². The Morgan fingerprint density at radius 1 is 1.47 bits per heavy atom.